The predicted octanol–water partition coefficient (Wildman–Crippen LogP) is 4.12. The summed E-state index contributed by atoms with van der Waals surface area (Å²) >= 11 is 0. The smallest absolute Gasteiger partial charge is 0.129 e. The molecule has 3 rings (SSSR count). The monoisotopic (exact) mass is 261 g/mol. The van der Waals surface area contributed by atoms with Gasteiger partial charge < -0.3 is 9.88 Å². The fourth-order valence-electron chi connectivity index (χ4n) is 2.39. The minimum atomic E-state index is 0.684. The van der Waals surface area contributed by atoms with Crippen molar-refractivity contribution in [2.45, 2.75) is 6.92 Å². The number of hydrogen-bond acceptors (Lipinski definition) is 2. The summed E-state index contributed by atoms with van der Waals surface area (Å²) in [6.45, 7) is 2.06. The lowest BCUT2D eigenvalue weighted by Crippen LogP contribution is -2.10. The van der Waals surface area contributed by atoms with E-state index < -0.39 is 0 Å². The molecule has 3 nitrogen and oxygen atoms in total. The summed E-state index contributed by atoms with van der Waals surface area (Å²) in [5, 5.41) is 10.4. The summed E-state index contributed by atoms with van der Waals surface area (Å²) in [7, 11) is 1.97. The van der Waals surface area contributed by atoms with Crippen molar-refractivity contribution in [3.05, 3.63) is 59.7 Å². The Labute approximate surface area is 118 Å². The third kappa shape index (κ3) is 1.92. The first kappa shape index (κ1) is 12.3. The number of rotatable bonds is 2. The van der Waals surface area contributed by atoms with Gasteiger partial charge in [-0.3, -0.25) is 0 Å². The van der Waals surface area contributed by atoms with Gasteiger partial charge in [0.25, 0.3) is 0 Å². The van der Waals surface area contributed by atoms with E-state index in [1.807, 2.05) is 36.2 Å². The van der Waals surface area contributed by atoms with E-state index in [2.05, 4.69) is 42.2 Å². The Morgan fingerprint density at radius 2 is 1.75 bits per heavy atom. The number of fused-ring (bicyclic) bond motifs is 1. The molecule has 1 aromatic heterocycles. The van der Waals surface area contributed by atoms with Crippen LogP contribution in [0.2, 0.25) is 0 Å². The number of aromatic amines is 1. The molecular formula is C17H15N3. The van der Waals surface area contributed by atoms with Crippen molar-refractivity contribution in [2.75, 3.05) is 11.9 Å². The maximum atomic E-state index is 9.45. The van der Waals surface area contributed by atoms with Crippen LogP contribution in [0.3, 0.4) is 0 Å². The highest BCUT2D eigenvalue weighted by molar-refractivity contribution is 5.92. The van der Waals surface area contributed by atoms with E-state index in [-0.39, 0.29) is 0 Å². The number of benzene rings is 2. The third-order valence-corrected chi connectivity index (χ3v) is 3.55. The Kier molecular flexibility index (Phi) is 2.92. The maximum absolute atomic E-state index is 9.45. The van der Waals surface area contributed by atoms with Crippen molar-refractivity contribution in [1.29, 1.82) is 5.26 Å². The highest BCUT2D eigenvalue weighted by atomic mass is 15.2. The number of nitrogens with zero attached hydrogens (tertiary/aromatic N) is 2. The molecule has 0 saturated heterocycles. The van der Waals surface area contributed by atoms with Gasteiger partial charge in [-0.2, -0.15) is 5.26 Å². The van der Waals surface area contributed by atoms with Crippen LogP contribution >= 0.6 is 0 Å². The van der Waals surface area contributed by atoms with Crippen LogP contribution in [0.5, 0.6) is 0 Å². The number of anilines is 2. The fourth-order valence-corrected chi connectivity index (χ4v) is 2.39. The Morgan fingerprint density at radius 3 is 2.45 bits per heavy atom. The zero-order chi connectivity index (χ0) is 14.1. The molecule has 2 aromatic carbocycles. The predicted molar refractivity (Wildman–Crippen MR) is 82.3 cm³/mol. The number of para-hydroxylation sites is 1. The molecule has 0 saturated carbocycles. The number of H-pyrrole nitrogens is 1. The van der Waals surface area contributed by atoms with E-state index in [4.69, 9.17) is 0 Å². The Morgan fingerprint density at radius 1 is 1.05 bits per heavy atom. The molecule has 1 N–H and O–H groups in total. The van der Waals surface area contributed by atoms with E-state index >= 15 is 0 Å². The van der Waals surface area contributed by atoms with Gasteiger partial charge in [0, 0.05) is 23.6 Å². The van der Waals surface area contributed by atoms with Gasteiger partial charge in [0.05, 0.1) is 0 Å². The topological polar surface area (TPSA) is 42.8 Å². The zero-order valence-electron chi connectivity index (χ0n) is 11.5. The Balaban J connectivity index is 2.14. The second-order valence-corrected chi connectivity index (χ2v) is 4.90. The number of aromatic nitrogens is 1. The number of aryl methyl sites for hydroxylation is 1. The SMILES string of the molecule is Cc1ccc(N(C)c2[nH]c3ccccc3c2C#N)cc1. The molecule has 98 valence electrons. The van der Waals surface area contributed by atoms with E-state index in [0.717, 1.165) is 22.4 Å². The molecule has 0 unspecified atom stereocenters. The van der Waals surface area contributed by atoms with Crippen LogP contribution in [0.4, 0.5) is 11.5 Å². The lowest BCUT2D eigenvalue weighted by atomic mass is 10.1. The Hall–Kier alpha value is -2.73. The summed E-state index contributed by atoms with van der Waals surface area (Å²) in [4.78, 5) is 5.34. The molecule has 0 amide bonds. The Bertz CT molecular complexity index is 791. The number of nitrogens with one attached hydrogen (secondary N) is 1. The van der Waals surface area contributed by atoms with Crippen LogP contribution in [0.25, 0.3) is 10.9 Å². The van der Waals surface area contributed by atoms with Crippen molar-refractivity contribution in [3.63, 3.8) is 0 Å². The largest absolute Gasteiger partial charge is 0.340 e. The molecule has 0 aliphatic heterocycles. The van der Waals surface area contributed by atoms with Crippen molar-refractivity contribution < 1.29 is 0 Å². The van der Waals surface area contributed by atoms with E-state index in [1.54, 1.807) is 0 Å². The van der Waals surface area contributed by atoms with Gasteiger partial charge in [0.2, 0.25) is 0 Å². The first-order chi connectivity index (χ1) is 9.70. The second-order valence-electron chi connectivity index (χ2n) is 4.90. The van der Waals surface area contributed by atoms with Crippen LogP contribution in [-0.2, 0) is 0 Å². The quantitative estimate of drug-likeness (QED) is 0.754. The average Bonchev–Trinajstić information content (AvgIpc) is 2.85. The summed E-state index contributed by atoms with van der Waals surface area (Å²) in [6, 6.07) is 18.4. The lowest BCUT2D eigenvalue weighted by Gasteiger charge is -2.18. The molecule has 3 heteroatoms. The summed E-state index contributed by atoms with van der Waals surface area (Å²) in [5.41, 5.74) is 3.94. The third-order valence-electron chi connectivity index (χ3n) is 3.55. The molecule has 0 fully saturated rings. The van der Waals surface area contributed by atoms with Crippen molar-refractivity contribution in [1.82, 2.24) is 4.98 Å². The van der Waals surface area contributed by atoms with Gasteiger partial charge in [-0.05, 0) is 25.1 Å². The van der Waals surface area contributed by atoms with Gasteiger partial charge in [-0.15, -0.1) is 0 Å². The highest BCUT2D eigenvalue weighted by Gasteiger charge is 2.15. The minimum absolute atomic E-state index is 0.684. The van der Waals surface area contributed by atoms with Crippen molar-refractivity contribution >= 4 is 22.4 Å². The molecule has 0 atom stereocenters. The first-order valence-corrected chi connectivity index (χ1v) is 6.52. The van der Waals surface area contributed by atoms with E-state index in [1.165, 1.54) is 5.56 Å². The summed E-state index contributed by atoms with van der Waals surface area (Å²) in [6.07, 6.45) is 0. The molecule has 0 aliphatic rings. The van der Waals surface area contributed by atoms with Crippen LogP contribution in [0.15, 0.2) is 48.5 Å². The molecule has 0 radical (unpaired) electrons. The molecule has 3 aromatic rings. The average molecular weight is 261 g/mol. The fraction of sp³-hybridized carbons (Fsp3) is 0.118. The minimum Gasteiger partial charge on any atom is -0.340 e. The standard InChI is InChI=1S/C17H15N3/c1-12-7-9-13(10-8-12)20(2)17-15(11-18)14-5-3-4-6-16(14)19-17/h3-10,19H,1-2H3. The van der Waals surface area contributed by atoms with Crippen LogP contribution in [-0.4, -0.2) is 12.0 Å². The second kappa shape index (κ2) is 4.75. The lowest BCUT2D eigenvalue weighted by molar-refractivity contribution is 1.15. The first-order valence-electron chi connectivity index (χ1n) is 6.52. The van der Waals surface area contributed by atoms with Gasteiger partial charge in [-0.1, -0.05) is 35.9 Å². The zero-order valence-corrected chi connectivity index (χ0v) is 11.5. The van der Waals surface area contributed by atoms with Crippen LogP contribution < -0.4 is 4.90 Å². The maximum Gasteiger partial charge on any atom is 0.129 e. The van der Waals surface area contributed by atoms with Crippen LogP contribution in [0, 0.1) is 18.3 Å². The summed E-state index contributed by atoms with van der Waals surface area (Å²) in [5.74, 6) is 0.831. The van der Waals surface area contributed by atoms with Gasteiger partial charge in [0.15, 0.2) is 0 Å². The van der Waals surface area contributed by atoms with Crippen LogP contribution in [0.1, 0.15) is 11.1 Å². The molecule has 1 heterocycles. The van der Waals surface area contributed by atoms with Gasteiger partial charge in [-0.25, -0.2) is 0 Å². The van der Waals surface area contributed by atoms with Gasteiger partial charge in [0.1, 0.15) is 17.5 Å². The number of hydrogen-bond donors (Lipinski definition) is 1. The molecular weight excluding hydrogens is 246 g/mol. The molecule has 0 spiro atoms. The van der Waals surface area contributed by atoms with Gasteiger partial charge >= 0.3 is 0 Å². The van der Waals surface area contributed by atoms with E-state index in [0.29, 0.717) is 5.56 Å². The molecule has 0 aliphatic carbocycles. The summed E-state index contributed by atoms with van der Waals surface area (Å²) < 4.78 is 0. The number of nitriles is 1. The molecule has 20 heavy (non-hydrogen) atoms. The highest BCUT2D eigenvalue weighted by Crippen LogP contribution is 2.31. The van der Waals surface area contributed by atoms with Crippen molar-refractivity contribution in [3.8, 4) is 6.07 Å². The van der Waals surface area contributed by atoms with E-state index in [9.17, 15) is 5.26 Å². The normalized spacial score (nSPS) is 10.4. The molecule has 0 bridgehead atoms. The van der Waals surface area contributed by atoms with Crippen molar-refractivity contribution in [2.24, 2.45) is 0 Å².